The van der Waals surface area contributed by atoms with E-state index in [0.717, 1.165) is 6.07 Å². The lowest BCUT2D eigenvalue weighted by molar-refractivity contribution is -0.345. The molecule has 0 radical (unpaired) electrons. The Balaban J connectivity index is 1.25. The summed E-state index contributed by atoms with van der Waals surface area (Å²) in [6.07, 6.45) is -7.88. The van der Waals surface area contributed by atoms with Crippen LogP contribution in [0, 0.1) is 22.6 Å². The maximum absolute atomic E-state index is 15.4. The Hall–Kier alpha value is -5.05. The Morgan fingerprint density at radius 2 is 1.72 bits per heavy atom. The fourth-order valence-corrected chi connectivity index (χ4v) is 11.9. The minimum absolute atomic E-state index is 0.00634. The maximum Gasteiger partial charge on any atom is 0.408 e. The van der Waals surface area contributed by atoms with Crippen LogP contribution in [0.2, 0.25) is 0 Å². The van der Waals surface area contributed by atoms with Crippen LogP contribution in [0.3, 0.4) is 0 Å². The standard InChI is InChI=1S/C50H65FN4O14/c1-26-32(64-44(60)38(58)37(36-31(51)17-14-20-52-36)53-45(61)69-46(4,5)6)21-50(62)42(67-43(59)29-15-12-11-13-16-29)40-48(9,19-18-33-49(40,25-63-33)68-28(3)57)41-39(35(26)47(50,7)8)65-34(66-41)24-55-22-30(23-55)54(10)27(2)56/h11-17,20,30,32-34,37-42,58,62H,18-19,21-25H2,1-10H3,(H,53,61)/t32-,33+,34+,37-,38+,39+,40-,41+,42-,48+,49-,50+/m0/s1. The smallest absolute Gasteiger partial charge is 0.408 e. The average Bonchev–Trinajstić information content (AvgIpc) is 3.67. The van der Waals surface area contributed by atoms with Crippen molar-refractivity contribution < 1.29 is 71.7 Å². The highest BCUT2D eigenvalue weighted by atomic mass is 19.1. The number of aromatic nitrogens is 1. The largest absolute Gasteiger partial charge is 0.456 e. The number of esters is 3. The number of likely N-dealkylation sites (N-methyl/N-ethyl adjacent to an activating group) is 1. The van der Waals surface area contributed by atoms with Crippen LogP contribution in [-0.4, -0.2) is 154 Å². The first-order valence-electron chi connectivity index (χ1n) is 23.6. The topological polar surface area (TPSA) is 222 Å². The van der Waals surface area contributed by atoms with E-state index in [1.807, 2.05) is 6.92 Å². The predicted octanol–water partition coefficient (Wildman–Crippen LogP) is 4.17. The van der Waals surface area contributed by atoms with Crippen molar-refractivity contribution in [3.05, 3.63) is 76.9 Å². The van der Waals surface area contributed by atoms with Crippen LogP contribution in [0.5, 0.6) is 0 Å². The number of hydrogen-bond acceptors (Lipinski definition) is 16. The van der Waals surface area contributed by atoms with Crippen LogP contribution in [0.1, 0.15) is 104 Å². The van der Waals surface area contributed by atoms with Gasteiger partial charge in [-0.2, -0.15) is 0 Å². The number of ether oxygens (including phenoxy) is 7. The molecule has 2 bridgehead atoms. The molecule has 3 aliphatic carbocycles. The molecule has 3 N–H and O–H groups in total. The molecule has 0 unspecified atom stereocenters. The molecule has 1 aromatic carbocycles. The normalized spacial score (nSPS) is 33.6. The van der Waals surface area contributed by atoms with E-state index in [2.05, 4.69) is 15.2 Å². The number of hydrogen-bond donors (Lipinski definition) is 3. The summed E-state index contributed by atoms with van der Waals surface area (Å²) in [6, 6.07) is 8.80. The van der Waals surface area contributed by atoms with Crippen molar-refractivity contribution in [1.29, 1.82) is 0 Å². The van der Waals surface area contributed by atoms with Crippen molar-refractivity contribution in [3.8, 4) is 0 Å². The molecule has 1 aromatic heterocycles. The molecule has 19 heteroatoms. The predicted molar refractivity (Wildman–Crippen MR) is 241 cm³/mol. The number of aliphatic hydroxyl groups is 2. The molecule has 0 spiro atoms. The molecular formula is C50H65FN4O14. The van der Waals surface area contributed by atoms with Gasteiger partial charge in [0, 0.05) is 64.0 Å². The van der Waals surface area contributed by atoms with Gasteiger partial charge in [-0.25, -0.2) is 18.8 Å². The van der Waals surface area contributed by atoms with Crippen molar-refractivity contribution >= 4 is 29.9 Å². The molecule has 6 aliphatic rings. The molecular weight excluding hydrogens is 900 g/mol. The van der Waals surface area contributed by atoms with Crippen LogP contribution in [0.15, 0.2) is 59.8 Å². The zero-order valence-corrected chi connectivity index (χ0v) is 40.9. The van der Waals surface area contributed by atoms with Crippen molar-refractivity contribution in [2.45, 2.75) is 153 Å². The SMILES string of the molecule is CC(=O)O[C@@]12CO[C@@H]1CC[C@@]1(C)[C@@H]3O[C@H](CN4CC(N(C)C(C)=O)C4)O[C@@H]3C3=C(C)[C@@H](OC(=O)[C@H](O)[C@@H](NC(=O)OC(C)(C)C)c4ncccc4F)C[C@@](O)([C@@H](OC(=O)c4ccccc4)[C@@H]12)C3(C)C. The molecule has 18 nitrogen and oxygen atoms in total. The van der Waals surface area contributed by atoms with Gasteiger partial charge in [0.25, 0.3) is 0 Å². The number of nitrogens with one attached hydrogen (secondary N) is 1. The Morgan fingerprint density at radius 3 is 2.33 bits per heavy atom. The molecule has 376 valence electrons. The van der Waals surface area contributed by atoms with Gasteiger partial charge in [0.05, 0.1) is 30.2 Å². The molecule has 2 amide bonds. The molecule has 2 aromatic rings. The summed E-state index contributed by atoms with van der Waals surface area (Å²) in [5, 5.41) is 28.2. The lowest BCUT2D eigenvalue weighted by Crippen LogP contribution is -2.79. The maximum atomic E-state index is 15.4. The number of benzene rings is 1. The second-order valence-corrected chi connectivity index (χ2v) is 21.3. The number of likely N-dealkylation sites (tertiary alicyclic amines) is 1. The van der Waals surface area contributed by atoms with Crippen LogP contribution in [-0.2, 0) is 47.5 Å². The zero-order valence-electron chi connectivity index (χ0n) is 40.9. The number of carbonyl (C=O) groups is 5. The third-order valence-corrected chi connectivity index (χ3v) is 15.5. The van der Waals surface area contributed by atoms with Crippen molar-refractivity contribution in [2.24, 2.45) is 16.7 Å². The highest BCUT2D eigenvalue weighted by molar-refractivity contribution is 5.89. The van der Waals surface area contributed by atoms with Crippen LogP contribution in [0.4, 0.5) is 9.18 Å². The van der Waals surface area contributed by atoms with Gasteiger partial charge in [-0.05, 0) is 75.9 Å². The molecule has 8 rings (SSSR count). The second-order valence-electron chi connectivity index (χ2n) is 21.3. The van der Waals surface area contributed by atoms with Gasteiger partial charge in [0.15, 0.2) is 18.0 Å². The summed E-state index contributed by atoms with van der Waals surface area (Å²) >= 11 is 0. The Bertz CT molecular complexity index is 2370. The minimum atomic E-state index is -2.27. The summed E-state index contributed by atoms with van der Waals surface area (Å²) in [5.41, 5.74) is -6.42. The first kappa shape index (κ1) is 50.3. The highest BCUT2D eigenvalue weighted by Gasteiger charge is 2.77. The zero-order chi connectivity index (χ0) is 50.2. The Morgan fingerprint density at radius 1 is 1.03 bits per heavy atom. The fraction of sp³-hybridized carbons (Fsp3) is 0.640. The van der Waals surface area contributed by atoms with Gasteiger partial charge in [0.1, 0.15) is 53.2 Å². The molecule has 3 aliphatic heterocycles. The molecule has 3 saturated heterocycles. The molecule has 69 heavy (non-hydrogen) atoms. The van der Waals surface area contributed by atoms with E-state index in [1.165, 1.54) is 26.1 Å². The highest BCUT2D eigenvalue weighted by Crippen LogP contribution is 2.66. The monoisotopic (exact) mass is 964 g/mol. The van der Waals surface area contributed by atoms with Gasteiger partial charge in [-0.15, -0.1) is 0 Å². The Labute approximate surface area is 401 Å². The van der Waals surface area contributed by atoms with E-state index in [4.69, 9.17) is 33.2 Å². The number of aliphatic hydroxyl groups excluding tert-OH is 1. The third-order valence-electron chi connectivity index (χ3n) is 15.5. The van der Waals surface area contributed by atoms with E-state index >= 15 is 4.39 Å². The molecule has 12 atom stereocenters. The van der Waals surface area contributed by atoms with Crippen molar-refractivity contribution in [1.82, 2.24) is 20.1 Å². The van der Waals surface area contributed by atoms with Crippen LogP contribution in [0.25, 0.3) is 0 Å². The number of pyridine rings is 1. The number of alkyl carbamates (subject to hydrolysis) is 1. The summed E-state index contributed by atoms with van der Waals surface area (Å²) < 4.78 is 60.3. The van der Waals surface area contributed by atoms with Crippen molar-refractivity contribution in [2.75, 3.05) is 33.3 Å². The van der Waals surface area contributed by atoms with Crippen molar-refractivity contribution in [3.63, 3.8) is 0 Å². The average molecular weight is 965 g/mol. The van der Waals surface area contributed by atoms with E-state index in [-0.39, 0.29) is 24.1 Å². The van der Waals surface area contributed by atoms with Gasteiger partial charge in [0.2, 0.25) is 5.91 Å². The van der Waals surface area contributed by atoms with E-state index in [9.17, 15) is 34.2 Å². The number of carbonyl (C=O) groups excluding carboxylic acids is 5. The van der Waals surface area contributed by atoms with E-state index in [1.54, 1.807) is 83.8 Å². The third kappa shape index (κ3) is 8.92. The number of amides is 2. The van der Waals surface area contributed by atoms with E-state index < -0.39 is 124 Å². The molecule has 2 saturated carbocycles. The summed E-state index contributed by atoms with van der Waals surface area (Å²) in [6.45, 7) is 16.3. The van der Waals surface area contributed by atoms with Crippen LogP contribution >= 0.6 is 0 Å². The summed E-state index contributed by atoms with van der Waals surface area (Å²) in [7, 11) is 1.76. The van der Waals surface area contributed by atoms with Gasteiger partial charge in [-0.3, -0.25) is 19.5 Å². The summed E-state index contributed by atoms with van der Waals surface area (Å²) in [4.78, 5) is 75.4. The number of nitrogens with zero attached hydrogens (tertiary/aromatic N) is 3. The van der Waals surface area contributed by atoms with Gasteiger partial charge >= 0.3 is 24.0 Å². The first-order chi connectivity index (χ1) is 32.3. The first-order valence-corrected chi connectivity index (χ1v) is 23.6. The minimum Gasteiger partial charge on any atom is -0.456 e. The quantitative estimate of drug-likeness (QED) is 0.163. The van der Waals surface area contributed by atoms with Crippen LogP contribution < -0.4 is 5.32 Å². The lowest BCUT2D eigenvalue weighted by atomic mass is 9.45. The van der Waals surface area contributed by atoms with Gasteiger partial charge in [-0.1, -0.05) is 39.0 Å². The molecule has 5 fully saturated rings. The Kier molecular flexibility index (Phi) is 13.3. The summed E-state index contributed by atoms with van der Waals surface area (Å²) in [5.74, 6) is -4.72. The molecule has 4 heterocycles. The second kappa shape index (κ2) is 18.3. The lowest BCUT2D eigenvalue weighted by Gasteiger charge is -2.68. The fourth-order valence-electron chi connectivity index (χ4n) is 11.9. The van der Waals surface area contributed by atoms with Gasteiger partial charge < -0.3 is 53.6 Å². The number of fused-ring (bicyclic) bond motifs is 8. The number of rotatable bonds is 11. The van der Waals surface area contributed by atoms with E-state index in [0.29, 0.717) is 43.6 Å². The number of halogens is 1.